The summed E-state index contributed by atoms with van der Waals surface area (Å²) in [7, 11) is 1.98. The molecule has 2 aromatic rings. The summed E-state index contributed by atoms with van der Waals surface area (Å²) < 4.78 is 1.88. The maximum absolute atomic E-state index is 4.27. The SMILES string of the molecule is CC(C)c1ccccc1C1CN(Cc2cnn(C)c2)CCN1. The average Bonchev–Trinajstić information content (AvgIpc) is 2.92. The molecule has 1 aliphatic rings. The van der Waals surface area contributed by atoms with Gasteiger partial charge in [-0.3, -0.25) is 9.58 Å². The summed E-state index contributed by atoms with van der Waals surface area (Å²) in [5, 5.41) is 7.96. The van der Waals surface area contributed by atoms with E-state index in [0.717, 1.165) is 26.2 Å². The Morgan fingerprint density at radius 2 is 2.14 bits per heavy atom. The van der Waals surface area contributed by atoms with Crippen LogP contribution in [0.5, 0.6) is 0 Å². The van der Waals surface area contributed by atoms with Crippen LogP contribution in [-0.4, -0.2) is 34.3 Å². The zero-order chi connectivity index (χ0) is 15.5. The van der Waals surface area contributed by atoms with Gasteiger partial charge in [0.1, 0.15) is 0 Å². The molecule has 1 fully saturated rings. The number of hydrogen-bond donors (Lipinski definition) is 1. The van der Waals surface area contributed by atoms with Crippen molar-refractivity contribution < 1.29 is 0 Å². The molecule has 0 radical (unpaired) electrons. The van der Waals surface area contributed by atoms with E-state index in [4.69, 9.17) is 0 Å². The number of rotatable bonds is 4. The molecule has 1 N–H and O–H groups in total. The second-order valence-electron chi connectivity index (χ2n) is 6.55. The molecule has 0 saturated carbocycles. The summed E-state index contributed by atoms with van der Waals surface area (Å²) >= 11 is 0. The van der Waals surface area contributed by atoms with E-state index in [1.165, 1.54) is 16.7 Å². The van der Waals surface area contributed by atoms with Gasteiger partial charge in [-0.05, 0) is 17.0 Å². The summed E-state index contributed by atoms with van der Waals surface area (Å²) in [6, 6.07) is 9.27. The second kappa shape index (κ2) is 6.63. The molecule has 1 aromatic carbocycles. The van der Waals surface area contributed by atoms with Crippen LogP contribution in [0.25, 0.3) is 0 Å². The molecule has 22 heavy (non-hydrogen) atoms. The smallest absolute Gasteiger partial charge is 0.0534 e. The quantitative estimate of drug-likeness (QED) is 0.942. The lowest BCUT2D eigenvalue weighted by Gasteiger charge is -2.35. The van der Waals surface area contributed by atoms with Crippen molar-refractivity contribution in [3.63, 3.8) is 0 Å². The summed E-state index contributed by atoms with van der Waals surface area (Å²) in [5.41, 5.74) is 4.21. The largest absolute Gasteiger partial charge is 0.308 e. The molecule has 1 saturated heterocycles. The first kappa shape index (κ1) is 15.3. The highest BCUT2D eigenvalue weighted by Crippen LogP contribution is 2.27. The highest BCUT2D eigenvalue weighted by molar-refractivity contribution is 5.33. The molecule has 118 valence electrons. The van der Waals surface area contributed by atoms with Crippen LogP contribution in [0.2, 0.25) is 0 Å². The van der Waals surface area contributed by atoms with Crippen LogP contribution in [-0.2, 0) is 13.6 Å². The number of aryl methyl sites for hydroxylation is 1. The predicted molar refractivity (Wildman–Crippen MR) is 89.8 cm³/mol. The molecule has 4 heteroatoms. The molecular formula is C18H26N4. The fourth-order valence-corrected chi connectivity index (χ4v) is 3.33. The van der Waals surface area contributed by atoms with E-state index in [1.807, 2.05) is 17.9 Å². The lowest BCUT2D eigenvalue weighted by Crippen LogP contribution is -2.45. The van der Waals surface area contributed by atoms with Crippen LogP contribution in [0.15, 0.2) is 36.7 Å². The van der Waals surface area contributed by atoms with Crippen LogP contribution in [0.1, 0.15) is 42.5 Å². The van der Waals surface area contributed by atoms with E-state index >= 15 is 0 Å². The molecule has 0 bridgehead atoms. The minimum Gasteiger partial charge on any atom is -0.308 e. The van der Waals surface area contributed by atoms with Gasteiger partial charge in [0.2, 0.25) is 0 Å². The Morgan fingerprint density at radius 3 is 2.86 bits per heavy atom. The predicted octanol–water partition coefficient (Wildman–Crippen LogP) is 2.69. The Kier molecular flexibility index (Phi) is 4.60. The molecule has 1 unspecified atom stereocenters. The summed E-state index contributed by atoms with van der Waals surface area (Å²) in [5.74, 6) is 0.562. The summed E-state index contributed by atoms with van der Waals surface area (Å²) in [6.45, 7) is 8.71. The Balaban J connectivity index is 1.73. The van der Waals surface area contributed by atoms with Gasteiger partial charge in [-0.2, -0.15) is 5.10 Å². The number of nitrogens with zero attached hydrogens (tertiary/aromatic N) is 3. The van der Waals surface area contributed by atoms with E-state index in [0.29, 0.717) is 12.0 Å². The lowest BCUT2D eigenvalue weighted by molar-refractivity contribution is 0.192. The number of piperazine rings is 1. The molecule has 2 heterocycles. The van der Waals surface area contributed by atoms with E-state index in [9.17, 15) is 0 Å². The molecule has 0 aliphatic carbocycles. The minimum atomic E-state index is 0.420. The Bertz CT molecular complexity index is 617. The van der Waals surface area contributed by atoms with Crippen molar-refractivity contribution in [3.8, 4) is 0 Å². The van der Waals surface area contributed by atoms with Gasteiger partial charge in [0, 0.05) is 51.0 Å². The monoisotopic (exact) mass is 298 g/mol. The van der Waals surface area contributed by atoms with E-state index in [1.54, 1.807) is 0 Å². The first-order valence-corrected chi connectivity index (χ1v) is 8.15. The van der Waals surface area contributed by atoms with Crippen molar-refractivity contribution in [1.29, 1.82) is 0 Å². The van der Waals surface area contributed by atoms with E-state index in [-0.39, 0.29) is 0 Å². The van der Waals surface area contributed by atoms with Gasteiger partial charge in [-0.1, -0.05) is 38.1 Å². The average molecular weight is 298 g/mol. The second-order valence-corrected chi connectivity index (χ2v) is 6.55. The lowest BCUT2D eigenvalue weighted by atomic mass is 9.92. The molecule has 0 spiro atoms. The third-order valence-corrected chi connectivity index (χ3v) is 4.42. The molecule has 4 nitrogen and oxygen atoms in total. The Hall–Kier alpha value is -1.65. The van der Waals surface area contributed by atoms with Crippen molar-refractivity contribution in [2.75, 3.05) is 19.6 Å². The summed E-state index contributed by atoms with van der Waals surface area (Å²) in [4.78, 5) is 2.52. The van der Waals surface area contributed by atoms with Crippen LogP contribution < -0.4 is 5.32 Å². The molecule has 0 amide bonds. The molecular weight excluding hydrogens is 272 g/mol. The van der Waals surface area contributed by atoms with Crippen molar-refractivity contribution in [2.45, 2.75) is 32.4 Å². The van der Waals surface area contributed by atoms with Crippen LogP contribution >= 0.6 is 0 Å². The number of nitrogens with one attached hydrogen (secondary N) is 1. The zero-order valence-corrected chi connectivity index (χ0v) is 13.8. The molecule has 1 atom stereocenters. The van der Waals surface area contributed by atoms with Gasteiger partial charge in [0.05, 0.1) is 6.20 Å². The van der Waals surface area contributed by atoms with E-state index in [2.05, 4.69) is 59.6 Å². The standard InChI is InChI=1S/C18H26N4/c1-14(2)16-6-4-5-7-17(16)18-13-22(9-8-19-18)12-15-10-20-21(3)11-15/h4-7,10-11,14,18-19H,8-9,12-13H2,1-3H3. The van der Waals surface area contributed by atoms with Gasteiger partial charge < -0.3 is 5.32 Å². The fourth-order valence-electron chi connectivity index (χ4n) is 3.33. The Labute approximate surface area is 133 Å². The number of hydrogen-bond acceptors (Lipinski definition) is 3. The van der Waals surface area contributed by atoms with Crippen molar-refractivity contribution in [2.24, 2.45) is 7.05 Å². The summed E-state index contributed by atoms with van der Waals surface area (Å²) in [6.07, 6.45) is 4.08. The van der Waals surface area contributed by atoms with Crippen LogP contribution in [0.4, 0.5) is 0 Å². The first-order chi connectivity index (χ1) is 10.6. The molecule has 1 aliphatic heterocycles. The van der Waals surface area contributed by atoms with Gasteiger partial charge in [0.25, 0.3) is 0 Å². The van der Waals surface area contributed by atoms with Crippen molar-refractivity contribution in [3.05, 3.63) is 53.3 Å². The topological polar surface area (TPSA) is 33.1 Å². The van der Waals surface area contributed by atoms with Gasteiger partial charge in [-0.15, -0.1) is 0 Å². The molecule has 3 rings (SSSR count). The third kappa shape index (κ3) is 3.39. The molecule has 1 aromatic heterocycles. The maximum Gasteiger partial charge on any atom is 0.0534 e. The fraction of sp³-hybridized carbons (Fsp3) is 0.500. The Morgan fingerprint density at radius 1 is 1.32 bits per heavy atom. The van der Waals surface area contributed by atoms with E-state index < -0.39 is 0 Å². The minimum absolute atomic E-state index is 0.420. The number of benzene rings is 1. The van der Waals surface area contributed by atoms with Gasteiger partial charge in [-0.25, -0.2) is 0 Å². The maximum atomic E-state index is 4.27. The van der Waals surface area contributed by atoms with Crippen molar-refractivity contribution >= 4 is 0 Å². The highest BCUT2D eigenvalue weighted by Gasteiger charge is 2.23. The normalized spacial score (nSPS) is 19.7. The zero-order valence-electron chi connectivity index (χ0n) is 13.8. The van der Waals surface area contributed by atoms with Crippen molar-refractivity contribution in [1.82, 2.24) is 20.0 Å². The highest BCUT2D eigenvalue weighted by atomic mass is 15.3. The van der Waals surface area contributed by atoms with Gasteiger partial charge in [0.15, 0.2) is 0 Å². The van der Waals surface area contributed by atoms with Crippen LogP contribution in [0.3, 0.4) is 0 Å². The third-order valence-electron chi connectivity index (χ3n) is 4.42. The van der Waals surface area contributed by atoms with Gasteiger partial charge >= 0.3 is 0 Å². The first-order valence-electron chi connectivity index (χ1n) is 8.15. The number of aromatic nitrogens is 2. The van der Waals surface area contributed by atoms with Crippen LogP contribution in [0, 0.1) is 0 Å².